The van der Waals surface area contributed by atoms with Crippen molar-refractivity contribution in [1.29, 1.82) is 0 Å². The van der Waals surface area contributed by atoms with Crippen LogP contribution in [0.5, 0.6) is 0 Å². The Balaban J connectivity index is 0.869. The van der Waals surface area contributed by atoms with Gasteiger partial charge in [-0.1, -0.05) is 97.1 Å². The van der Waals surface area contributed by atoms with Crippen LogP contribution in [0, 0.1) is 11.6 Å². The molecule has 4 nitrogen and oxygen atoms in total. The van der Waals surface area contributed by atoms with Gasteiger partial charge in [-0.25, -0.2) is 8.78 Å². The molecule has 316 valence electrons. The third-order valence-corrected chi connectivity index (χ3v) is 12.9. The summed E-state index contributed by atoms with van der Waals surface area (Å²) < 4.78 is 32.4. The van der Waals surface area contributed by atoms with E-state index in [4.69, 9.17) is 0 Å². The molecule has 0 bridgehead atoms. The largest absolute Gasteiger partial charge is 0.311 e. The number of nitrogens with zero attached hydrogens (tertiary/aromatic N) is 4. The summed E-state index contributed by atoms with van der Waals surface area (Å²) in [4.78, 5) is 4.65. The minimum Gasteiger partial charge on any atom is -0.311 e. The first-order valence-electron chi connectivity index (χ1n) is 22.3. The second-order valence-corrected chi connectivity index (χ2v) is 16.8. The smallest absolute Gasteiger partial charge is 0.123 e. The van der Waals surface area contributed by atoms with Gasteiger partial charge in [0.1, 0.15) is 11.6 Å². The number of hydrogen-bond acceptors (Lipinski definition) is 2. The van der Waals surface area contributed by atoms with Gasteiger partial charge in [-0.3, -0.25) is 0 Å². The van der Waals surface area contributed by atoms with E-state index in [9.17, 15) is 8.78 Å². The Morgan fingerprint density at radius 2 is 0.803 bits per heavy atom. The lowest BCUT2D eigenvalue weighted by molar-refractivity contribution is 0.627. The lowest BCUT2D eigenvalue weighted by atomic mass is 9.91. The highest BCUT2D eigenvalue weighted by Gasteiger charge is 2.22. The number of rotatable bonds is 9. The second kappa shape index (κ2) is 16.3. The van der Waals surface area contributed by atoms with Gasteiger partial charge < -0.3 is 18.9 Å². The van der Waals surface area contributed by atoms with Crippen LogP contribution in [-0.4, -0.2) is 9.13 Å². The Labute approximate surface area is 381 Å². The van der Waals surface area contributed by atoms with E-state index in [1.54, 1.807) is 0 Å². The molecule has 1 aliphatic rings. The summed E-state index contributed by atoms with van der Waals surface area (Å²) in [5.74, 6) is -0.298. The number of fused-ring (bicyclic) bond motifs is 6. The van der Waals surface area contributed by atoms with E-state index in [-0.39, 0.29) is 17.6 Å². The highest BCUT2D eigenvalue weighted by molar-refractivity contribution is 6.11. The zero-order valence-electron chi connectivity index (χ0n) is 35.8. The Morgan fingerprint density at radius 1 is 0.379 bits per heavy atom. The van der Waals surface area contributed by atoms with E-state index >= 15 is 0 Å². The zero-order valence-corrected chi connectivity index (χ0v) is 35.8. The van der Waals surface area contributed by atoms with Crippen LogP contribution in [0.2, 0.25) is 0 Å². The first kappa shape index (κ1) is 39.1. The molecule has 2 aromatic heterocycles. The summed E-state index contributed by atoms with van der Waals surface area (Å²) in [6.07, 6.45) is 7.79. The number of halogens is 2. The lowest BCUT2D eigenvalue weighted by Crippen LogP contribution is -2.17. The Kier molecular flexibility index (Phi) is 9.64. The van der Waals surface area contributed by atoms with Crippen molar-refractivity contribution in [2.45, 2.75) is 12.3 Å². The van der Waals surface area contributed by atoms with Crippen molar-refractivity contribution < 1.29 is 8.78 Å². The summed E-state index contributed by atoms with van der Waals surface area (Å²) in [7, 11) is 0. The maximum Gasteiger partial charge on any atom is 0.123 e. The van der Waals surface area contributed by atoms with Crippen LogP contribution in [0.3, 0.4) is 0 Å². The molecule has 1 unspecified atom stereocenters. The molecule has 11 aromatic rings. The molecule has 2 heterocycles. The van der Waals surface area contributed by atoms with E-state index < -0.39 is 0 Å². The summed E-state index contributed by atoms with van der Waals surface area (Å²) >= 11 is 0. The summed E-state index contributed by atoms with van der Waals surface area (Å²) in [6.45, 7) is 0. The van der Waals surface area contributed by atoms with Crippen molar-refractivity contribution in [1.82, 2.24) is 9.13 Å². The van der Waals surface area contributed by atoms with Crippen LogP contribution in [0.25, 0.3) is 55.0 Å². The van der Waals surface area contributed by atoms with Crippen molar-refractivity contribution in [3.8, 4) is 11.4 Å². The summed E-state index contributed by atoms with van der Waals surface area (Å²) in [5.41, 5.74) is 13.8. The van der Waals surface area contributed by atoms with Crippen LogP contribution in [0.15, 0.2) is 242 Å². The molecule has 0 aliphatic heterocycles. The van der Waals surface area contributed by atoms with Gasteiger partial charge in [-0.2, -0.15) is 0 Å². The lowest BCUT2D eigenvalue weighted by Gasteiger charge is -2.29. The van der Waals surface area contributed by atoms with Crippen LogP contribution >= 0.6 is 0 Å². The van der Waals surface area contributed by atoms with E-state index in [0.717, 1.165) is 95.5 Å². The molecule has 0 fully saturated rings. The maximum atomic E-state index is 14.0. The average Bonchev–Trinajstić information content (AvgIpc) is 3.88. The van der Waals surface area contributed by atoms with Gasteiger partial charge in [-0.05, 0) is 152 Å². The first-order chi connectivity index (χ1) is 32.6. The maximum absolute atomic E-state index is 14.0. The molecular formula is C60H42F2N4. The minimum atomic E-state index is -0.252. The normalized spacial score (nSPS) is 13.7. The fourth-order valence-electron chi connectivity index (χ4n) is 9.88. The third-order valence-electron chi connectivity index (χ3n) is 12.9. The molecule has 1 atom stereocenters. The fraction of sp³-hybridized carbons (Fsp3) is 0.0333. The summed E-state index contributed by atoms with van der Waals surface area (Å²) in [6, 6.07) is 73.6. The first-order valence-corrected chi connectivity index (χ1v) is 22.3. The van der Waals surface area contributed by atoms with E-state index in [2.05, 4.69) is 201 Å². The Bertz CT molecular complexity index is 3630. The van der Waals surface area contributed by atoms with E-state index in [0.29, 0.717) is 0 Å². The standard InChI is InChI=1S/C60H42F2N4/c61-43-23-31-49(32-24-43)65-57-17-9-7-15-53(57)55-39-51(35-37-59(55)65)63(45-11-3-1-4-12-45)47-27-19-41(20-28-47)42-21-29-48(30-22-42)64(46-13-5-2-6-14-46)52-36-38-60-56(40-52)54-16-8-10-18-58(54)66(60)50-33-25-44(62)26-34-50/h1-21,23-40,42H,22H2. The molecule has 9 aromatic carbocycles. The highest BCUT2D eigenvalue weighted by atomic mass is 19.1. The van der Waals surface area contributed by atoms with E-state index in [1.807, 2.05) is 30.3 Å². The van der Waals surface area contributed by atoms with Crippen molar-refractivity contribution in [2.24, 2.45) is 0 Å². The van der Waals surface area contributed by atoms with Gasteiger partial charge in [0.05, 0.1) is 22.1 Å². The number of para-hydroxylation sites is 4. The quantitative estimate of drug-likeness (QED) is 0.144. The van der Waals surface area contributed by atoms with Crippen LogP contribution in [-0.2, 0) is 0 Å². The van der Waals surface area contributed by atoms with Crippen LogP contribution < -0.4 is 9.80 Å². The molecule has 0 radical (unpaired) electrons. The van der Waals surface area contributed by atoms with Crippen LogP contribution in [0.1, 0.15) is 17.9 Å². The van der Waals surface area contributed by atoms with Gasteiger partial charge >= 0.3 is 0 Å². The predicted molar refractivity (Wildman–Crippen MR) is 269 cm³/mol. The molecule has 1 aliphatic carbocycles. The van der Waals surface area contributed by atoms with E-state index in [1.165, 1.54) is 29.8 Å². The third kappa shape index (κ3) is 6.82. The second-order valence-electron chi connectivity index (χ2n) is 16.8. The molecule has 0 saturated heterocycles. The molecule has 0 amide bonds. The molecule has 0 spiro atoms. The number of anilines is 5. The van der Waals surface area contributed by atoms with Crippen molar-refractivity contribution in [3.05, 3.63) is 260 Å². The highest BCUT2D eigenvalue weighted by Crippen LogP contribution is 2.42. The number of aromatic nitrogens is 2. The molecule has 0 N–H and O–H groups in total. The zero-order chi connectivity index (χ0) is 44.1. The monoisotopic (exact) mass is 856 g/mol. The fourth-order valence-corrected chi connectivity index (χ4v) is 9.88. The molecule has 12 rings (SSSR count). The molecular weight excluding hydrogens is 815 g/mol. The molecule has 6 heteroatoms. The number of allylic oxidation sites excluding steroid dienone is 3. The van der Waals surface area contributed by atoms with Gasteiger partial charge in [-0.15, -0.1) is 0 Å². The van der Waals surface area contributed by atoms with Gasteiger partial charge in [0.25, 0.3) is 0 Å². The Hall–Kier alpha value is -8.48. The minimum absolute atomic E-state index is 0.204. The van der Waals surface area contributed by atoms with Crippen molar-refractivity contribution in [3.63, 3.8) is 0 Å². The molecule has 0 saturated carbocycles. The van der Waals surface area contributed by atoms with Crippen molar-refractivity contribution in [2.75, 3.05) is 9.80 Å². The average molecular weight is 857 g/mol. The van der Waals surface area contributed by atoms with Crippen LogP contribution in [0.4, 0.5) is 37.2 Å². The molecule has 66 heavy (non-hydrogen) atoms. The SMILES string of the molecule is Fc1ccc(-n2c3ccccc3c3cc(N(C4=CCC(c5ccc(N(c6ccccc6)c6ccc7c(c6)c6ccccc6n7-c6ccc(F)cc6)cc5)C=C4)c4ccccc4)ccc32)cc1. The van der Waals surface area contributed by atoms with Gasteiger partial charge in [0.15, 0.2) is 0 Å². The number of benzene rings is 9. The predicted octanol–water partition coefficient (Wildman–Crippen LogP) is 16.4. The number of hydrogen-bond donors (Lipinski definition) is 0. The van der Waals surface area contributed by atoms with Crippen molar-refractivity contribution >= 4 is 72.0 Å². The topological polar surface area (TPSA) is 16.3 Å². The van der Waals surface area contributed by atoms with Gasteiger partial charge in [0, 0.05) is 73.0 Å². The summed E-state index contributed by atoms with van der Waals surface area (Å²) in [5, 5.41) is 4.54. The Morgan fingerprint density at radius 3 is 1.30 bits per heavy atom. The van der Waals surface area contributed by atoms with Gasteiger partial charge in [0.2, 0.25) is 0 Å².